The van der Waals surface area contributed by atoms with Crippen molar-refractivity contribution in [2.24, 2.45) is 11.8 Å². The second-order valence-corrected chi connectivity index (χ2v) is 7.85. The topological polar surface area (TPSA) is 24.9 Å². The predicted molar refractivity (Wildman–Crippen MR) is 83.8 cm³/mol. The predicted octanol–water partition coefficient (Wildman–Crippen LogP) is 4.14. The van der Waals surface area contributed by atoms with Gasteiger partial charge in [-0.25, -0.2) is 4.98 Å². The Bertz CT molecular complexity index is 389. The van der Waals surface area contributed by atoms with Crippen molar-refractivity contribution in [3.8, 4) is 0 Å². The van der Waals surface area contributed by atoms with Crippen molar-refractivity contribution in [1.82, 2.24) is 10.3 Å². The second kappa shape index (κ2) is 5.92. The summed E-state index contributed by atoms with van der Waals surface area (Å²) < 4.78 is 0. The fourth-order valence-corrected chi connectivity index (χ4v) is 4.72. The van der Waals surface area contributed by atoms with E-state index in [2.05, 4.69) is 40.1 Å². The van der Waals surface area contributed by atoms with Crippen molar-refractivity contribution < 1.29 is 0 Å². The molecule has 0 bridgehead atoms. The molecule has 1 aliphatic carbocycles. The molecule has 0 saturated heterocycles. The Labute approximate surface area is 122 Å². The van der Waals surface area contributed by atoms with Gasteiger partial charge in [0.25, 0.3) is 0 Å². The van der Waals surface area contributed by atoms with Crippen LogP contribution in [0.3, 0.4) is 0 Å². The molecule has 0 aliphatic heterocycles. The summed E-state index contributed by atoms with van der Waals surface area (Å²) in [6.07, 6.45) is 6.09. The molecule has 108 valence electrons. The smallest absolute Gasteiger partial charge is 0.113 e. The third-order valence-electron chi connectivity index (χ3n) is 4.00. The highest BCUT2D eigenvalue weighted by molar-refractivity contribution is 7.12. The maximum atomic E-state index is 5.00. The zero-order valence-electron chi connectivity index (χ0n) is 13.0. The second-order valence-electron chi connectivity index (χ2n) is 6.77. The fourth-order valence-electron chi connectivity index (χ4n) is 3.36. The Kier molecular flexibility index (Phi) is 4.67. The minimum absolute atomic E-state index is 0.0807. The molecule has 0 fully saturated rings. The van der Waals surface area contributed by atoms with Gasteiger partial charge in [-0.15, -0.1) is 11.3 Å². The van der Waals surface area contributed by atoms with Crippen LogP contribution in [0.25, 0.3) is 0 Å². The first-order valence-electron chi connectivity index (χ1n) is 7.65. The van der Waals surface area contributed by atoms with Gasteiger partial charge < -0.3 is 5.32 Å². The highest BCUT2D eigenvalue weighted by Crippen LogP contribution is 2.40. The van der Waals surface area contributed by atoms with Gasteiger partial charge in [-0.1, -0.05) is 27.7 Å². The first kappa shape index (κ1) is 15.0. The molecule has 3 heteroatoms. The van der Waals surface area contributed by atoms with Crippen LogP contribution in [0.4, 0.5) is 0 Å². The molecule has 0 saturated carbocycles. The van der Waals surface area contributed by atoms with Gasteiger partial charge in [0.05, 0.1) is 11.2 Å². The molecule has 0 atom stereocenters. The van der Waals surface area contributed by atoms with E-state index in [1.165, 1.54) is 42.8 Å². The Morgan fingerprint density at radius 3 is 2.26 bits per heavy atom. The van der Waals surface area contributed by atoms with Crippen molar-refractivity contribution in [3.63, 3.8) is 0 Å². The molecule has 1 heterocycles. The van der Waals surface area contributed by atoms with E-state index >= 15 is 0 Å². The van der Waals surface area contributed by atoms with Crippen molar-refractivity contribution in [2.75, 3.05) is 7.05 Å². The number of hydrogen-bond acceptors (Lipinski definition) is 3. The maximum Gasteiger partial charge on any atom is 0.113 e. The van der Waals surface area contributed by atoms with Crippen LogP contribution in [-0.2, 0) is 18.4 Å². The van der Waals surface area contributed by atoms with E-state index in [-0.39, 0.29) is 5.54 Å². The molecule has 2 rings (SSSR count). The van der Waals surface area contributed by atoms with Gasteiger partial charge in [-0.05, 0) is 51.0 Å². The highest BCUT2D eigenvalue weighted by atomic mass is 32.1. The van der Waals surface area contributed by atoms with E-state index in [1.807, 2.05) is 11.3 Å². The summed E-state index contributed by atoms with van der Waals surface area (Å²) in [5, 5.41) is 4.97. The largest absolute Gasteiger partial charge is 0.308 e. The summed E-state index contributed by atoms with van der Waals surface area (Å²) in [5.74, 6) is 1.37. The molecule has 1 aromatic heterocycles. The van der Waals surface area contributed by atoms with Crippen LogP contribution in [0.15, 0.2) is 0 Å². The van der Waals surface area contributed by atoms with Crippen LogP contribution in [0.5, 0.6) is 0 Å². The summed E-state index contributed by atoms with van der Waals surface area (Å²) in [4.78, 5) is 6.54. The normalized spacial score (nSPS) is 15.5. The van der Waals surface area contributed by atoms with Crippen LogP contribution in [0.1, 0.15) is 62.5 Å². The van der Waals surface area contributed by atoms with Crippen LogP contribution >= 0.6 is 11.3 Å². The molecule has 0 amide bonds. The lowest BCUT2D eigenvalue weighted by Gasteiger charge is -2.35. The number of thiazole rings is 1. The lowest BCUT2D eigenvalue weighted by atomic mass is 9.82. The average Bonchev–Trinajstić information content (AvgIpc) is 2.86. The molecule has 0 unspecified atom stereocenters. The lowest BCUT2D eigenvalue weighted by Crippen LogP contribution is -2.42. The summed E-state index contributed by atoms with van der Waals surface area (Å²) in [7, 11) is 2.11. The van der Waals surface area contributed by atoms with Crippen molar-refractivity contribution in [1.29, 1.82) is 0 Å². The number of nitrogens with zero attached hydrogens (tertiary/aromatic N) is 1. The summed E-state index contributed by atoms with van der Waals surface area (Å²) in [6, 6.07) is 0. The van der Waals surface area contributed by atoms with E-state index in [4.69, 9.17) is 4.98 Å². The number of fused-ring (bicyclic) bond motifs is 1. The van der Waals surface area contributed by atoms with Crippen LogP contribution in [-0.4, -0.2) is 12.0 Å². The Balaban J connectivity index is 2.33. The van der Waals surface area contributed by atoms with Gasteiger partial charge in [0, 0.05) is 4.88 Å². The van der Waals surface area contributed by atoms with E-state index in [0.717, 1.165) is 0 Å². The van der Waals surface area contributed by atoms with E-state index in [1.54, 1.807) is 4.88 Å². The number of hydrogen-bond donors (Lipinski definition) is 1. The fraction of sp³-hybridized carbons (Fsp3) is 0.812. The SMILES string of the molecule is CNC(CC(C)C)(CC(C)C)c1nc2c(s1)CCC2. The first-order valence-corrected chi connectivity index (χ1v) is 8.46. The monoisotopic (exact) mass is 280 g/mol. The van der Waals surface area contributed by atoms with E-state index in [9.17, 15) is 0 Å². The molecule has 0 spiro atoms. The zero-order chi connectivity index (χ0) is 14.0. The number of nitrogens with one attached hydrogen (secondary N) is 1. The lowest BCUT2D eigenvalue weighted by molar-refractivity contribution is 0.239. The molecular formula is C16H28N2S. The Morgan fingerprint density at radius 1 is 1.16 bits per heavy atom. The van der Waals surface area contributed by atoms with E-state index in [0.29, 0.717) is 11.8 Å². The van der Waals surface area contributed by atoms with Gasteiger partial charge in [-0.2, -0.15) is 0 Å². The van der Waals surface area contributed by atoms with Gasteiger partial charge in [-0.3, -0.25) is 0 Å². The van der Waals surface area contributed by atoms with Crippen molar-refractivity contribution in [3.05, 3.63) is 15.6 Å². The van der Waals surface area contributed by atoms with Gasteiger partial charge >= 0.3 is 0 Å². The van der Waals surface area contributed by atoms with Gasteiger partial charge in [0.2, 0.25) is 0 Å². The number of aryl methyl sites for hydroxylation is 2. The summed E-state index contributed by atoms with van der Waals surface area (Å²) >= 11 is 1.96. The van der Waals surface area contributed by atoms with Crippen molar-refractivity contribution >= 4 is 11.3 Å². The molecule has 19 heavy (non-hydrogen) atoms. The highest BCUT2D eigenvalue weighted by Gasteiger charge is 2.36. The molecule has 1 aromatic rings. The molecule has 0 radical (unpaired) electrons. The van der Waals surface area contributed by atoms with Crippen LogP contribution in [0, 0.1) is 11.8 Å². The third kappa shape index (κ3) is 3.19. The number of aromatic nitrogens is 1. The molecule has 0 aromatic carbocycles. The Hall–Kier alpha value is -0.410. The molecule has 1 N–H and O–H groups in total. The quantitative estimate of drug-likeness (QED) is 0.847. The van der Waals surface area contributed by atoms with E-state index < -0.39 is 0 Å². The average molecular weight is 280 g/mol. The van der Waals surface area contributed by atoms with Crippen LogP contribution < -0.4 is 5.32 Å². The zero-order valence-corrected chi connectivity index (χ0v) is 13.9. The minimum Gasteiger partial charge on any atom is -0.308 e. The van der Waals surface area contributed by atoms with Gasteiger partial charge in [0.1, 0.15) is 5.01 Å². The summed E-state index contributed by atoms with van der Waals surface area (Å²) in [5.41, 5.74) is 1.46. The third-order valence-corrected chi connectivity index (χ3v) is 5.36. The molecule has 2 nitrogen and oxygen atoms in total. The standard InChI is InChI=1S/C16H28N2S/c1-11(2)9-16(17-5,10-12(3)4)15-18-13-7-6-8-14(13)19-15/h11-12,17H,6-10H2,1-5H3. The van der Waals surface area contributed by atoms with Crippen molar-refractivity contribution in [2.45, 2.75) is 65.3 Å². The maximum absolute atomic E-state index is 5.00. The first-order chi connectivity index (χ1) is 8.97. The molecule has 1 aliphatic rings. The van der Waals surface area contributed by atoms with Crippen LogP contribution in [0.2, 0.25) is 0 Å². The van der Waals surface area contributed by atoms with Gasteiger partial charge in [0.15, 0.2) is 0 Å². The summed E-state index contributed by atoms with van der Waals surface area (Å²) in [6.45, 7) is 9.25. The number of rotatable bonds is 6. The molecular weight excluding hydrogens is 252 g/mol. The Morgan fingerprint density at radius 2 is 1.79 bits per heavy atom. The minimum atomic E-state index is 0.0807.